The molecule has 0 radical (unpaired) electrons. The van der Waals surface area contributed by atoms with Gasteiger partial charge in [-0.15, -0.1) is 0 Å². The molecule has 0 aliphatic heterocycles. The summed E-state index contributed by atoms with van der Waals surface area (Å²) in [4.78, 5) is 33.6. The van der Waals surface area contributed by atoms with E-state index in [1.54, 1.807) is 0 Å². The Morgan fingerprint density at radius 2 is 1.24 bits per heavy atom. The first-order valence-electron chi connectivity index (χ1n) is 6.87. The number of ketones is 1. The number of methoxy groups -OCH3 is 2. The molecule has 0 atom stereocenters. The molecule has 1 rings (SSSR count). The van der Waals surface area contributed by atoms with E-state index in [0.717, 1.165) is 0 Å². The lowest BCUT2D eigenvalue weighted by atomic mass is 10.1. The minimum atomic E-state index is -0.591. The van der Waals surface area contributed by atoms with Gasteiger partial charge in [0.15, 0.2) is 5.78 Å². The van der Waals surface area contributed by atoms with Crippen molar-refractivity contribution in [3.05, 3.63) is 35.4 Å². The molecule has 0 aromatic heterocycles. The number of carbonyl (C=O) groups is 3. The van der Waals surface area contributed by atoms with Crippen molar-refractivity contribution in [2.75, 3.05) is 14.2 Å². The van der Waals surface area contributed by atoms with E-state index in [4.69, 9.17) is 0 Å². The summed E-state index contributed by atoms with van der Waals surface area (Å²) in [6.45, 7) is 8.00. The van der Waals surface area contributed by atoms with Gasteiger partial charge in [0, 0.05) is 5.56 Å². The van der Waals surface area contributed by atoms with Crippen molar-refractivity contribution in [1.82, 2.24) is 0 Å². The van der Waals surface area contributed by atoms with Crippen LogP contribution in [0.15, 0.2) is 24.3 Å². The maximum atomic E-state index is 11.5. The summed E-state index contributed by atoms with van der Waals surface area (Å²) in [6.07, 6.45) is -0.311. The molecule has 0 fully saturated rings. The third-order valence-corrected chi connectivity index (χ3v) is 2.16. The molecule has 1 aromatic carbocycles. The molecule has 21 heavy (non-hydrogen) atoms. The highest BCUT2D eigenvalue weighted by Gasteiger charge is 2.12. The Morgan fingerprint density at radius 1 is 0.810 bits per heavy atom. The molecular formula is C16H24O5. The third kappa shape index (κ3) is 7.87. The Labute approximate surface area is 126 Å². The molecule has 0 bridgehead atoms. The normalized spacial score (nSPS) is 8.29. The van der Waals surface area contributed by atoms with Crippen molar-refractivity contribution in [3.63, 3.8) is 0 Å². The van der Waals surface area contributed by atoms with E-state index in [9.17, 15) is 14.4 Å². The molecule has 0 amide bonds. The molecule has 1 aromatic rings. The van der Waals surface area contributed by atoms with Crippen molar-refractivity contribution < 1.29 is 23.9 Å². The lowest BCUT2D eigenvalue weighted by Crippen LogP contribution is -2.10. The third-order valence-electron chi connectivity index (χ3n) is 2.16. The predicted molar refractivity (Wildman–Crippen MR) is 81.4 cm³/mol. The average Bonchev–Trinajstić information content (AvgIpc) is 2.57. The van der Waals surface area contributed by atoms with Crippen molar-refractivity contribution in [2.24, 2.45) is 0 Å². The highest BCUT2D eigenvalue weighted by Crippen LogP contribution is 2.08. The van der Waals surface area contributed by atoms with E-state index >= 15 is 0 Å². The van der Waals surface area contributed by atoms with E-state index in [-0.39, 0.29) is 12.2 Å². The molecule has 5 nitrogen and oxygen atoms in total. The van der Waals surface area contributed by atoms with Crippen LogP contribution >= 0.6 is 0 Å². The minimum Gasteiger partial charge on any atom is -0.469 e. The zero-order valence-electron chi connectivity index (χ0n) is 13.6. The van der Waals surface area contributed by atoms with E-state index in [1.165, 1.54) is 38.5 Å². The molecule has 118 valence electrons. The highest BCUT2D eigenvalue weighted by molar-refractivity contribution is 6.06. The smallest absolute Gasteiger partial charge is 0.337 e. The molecule has 0 saturated heterocycles. The summed E-state index contributed by atoms with van der Waals surface area (Å²) >= 11 is 0. The van der Waals surface area contributed by atoms with Crippen molar-refractivity contribution in [1.29, 1.82) is 0 Å². The molecule has 0 aliphatic carbocycles. The predicted octanol–water partition coefficient (Wildman–Crippen LogP) is 3.27. The number of rotatable bonds is 4. The van der Waals surface area contributed by atoms with Gasteiger partial charge in [0.2, 0.25) is 0 Å². The zero-order valence-corrected chi connectivity index (χ0v) is 13.6. The minimum absolute atomic E-state index is 0.311. The standard InChI is InChI=1S/C12H12O5.2C2H6/c1-16-11(14)7-10(13)8-3-5-9(6-4-8)12(15)17-2;2*1-2/h3-6H,7H2,1-2H3;2*1-2H3. The Hall–Kier alpha value is -2.17. The fourth-order valence-electron chi connectivity index (χ4n) is 1.22. The second kappa shape index (κ2) is 12.8. The number of esters is 2. The number of Topliss-reactive ketones (excluding diaryl/α,β-unsaturated/α-hetero) is 1. The Balaban J connectivity index is 0. The average molecular weight is 296 g/mol. The van der Waals surface area contributed by atoms with Gasteiger partial charge in [0.05, 0.1) is 19.8 Å². The van der Waals surface area contributed by atoms with Crippen LogP contribution in [0.5, 0.6) is 0 Å². The number of carbonyl (C=O) groups excluding carboxylic acids is 3. The molecule has 0 aliphatic rings. The molecule has 0 heterocycles. The quantitative estimate of drug-likeness (QED) is 0.484. The van der Waals surface area contributed by atoms with Crippen LogP contribution in [0.3, 0.4) is 0 Å². The maximum absolute atomic E-state index is 11.5. The van der Waals surface area contributed by atoms with E-state index in [2.05, 4.69) is 9.47 Å². The monoisotopic (exact) mass is 296 g/mol. The van der Waals surface area contributed by atoms with Crippen molar-refractivity contribution in [3.8, 4) is 0 Å². The van der Waals surface area contributed by atoms with Crippen LogP contribution in [0.25, 0.3) is 0 Å². The fraction of sp³-hybridized carbons (Fsp3) is 0.438. The van der Waals surface area contributed by atoms with Gasteiger partial charge in [0.25, 0.3) is 0 Å². The molecule has 0 spiro atoms. The van der Waals surface area contributed by atoms with Crippen molar-refractivity contribution in [2.45, 2.75) is 34.1 Å². The summed E-state index contributed by atoms with van der Waals surface area (Å²) in [5, 5.41) is 0. The first kappa shape index (κ1) is 21.1. The van der Waals surface area contributed by atoms with Crippen LogP contribution in [0.4, 0.5) is 0 Å². The number of benzene rings is 1. The van der Waals surface area contributed by atoms with Gasteiger partial charge < -0.3 is 9.47 Å². The summed E-state index contributed by atoms with van der Waals surface area (Å²) in [6, 6.07) is 5.88. The molecule has 0 N–H and O–H groups in total. The second-order valence-corrected chi connectivity index (χ2v) is 3.25. The van der Waals surface area contributed by atoms with Gasteiger partial charge in [-0.3, -0.25) is 9.59 Å². The number of hydrogen-bond donors (Lipinski definition) is 0. The lowest BCUT2D eigenvalue weighted by Gasteiger charge is -2.02. The van der Waals surface area contributed by atoms with Gasteiger partial charge in [-0.1, -0.05) is 39.8 Å². The van der Waals surface area contributed by atoms with Crippen LogP contribution in [-0.4, -0.2) is 31.9 Å². The largest absolute Gasteiger partial charge is 0.469 e. The second-order valence-electron chi connectivity index (χ2n) is 3.25. The number of hydrogen-bond acceptors (Lipinski definition) is 5. The molecule has 0 unspecified atom stereocenters. The Morgan fingerprint density at radius 3 is 1.62 bits per heavy atom. The summed E-state index contributed by atoms with van der Waals surface area (Å²) in [7, 11) is 2.49. The summed E-state index contributed by atoms with van der Waals surface area (Å²) in [5.74, 6) is -1.42. The van der Waals surface area contributed by atoms with E-state index < -0.39 is 11.9 Å². The van der Waals surface area contributed by atoms with Gasteiger partial charge in [0.1, 0.15) is 6.42 Å². The summed E-state index contributed by atoms with van der Waals surface area (Å²) < 4.78 is 8.91. The topological polar surface area (TPSA) is 69.7 Å². The van der Waals surface area contributed by atoms with E-state index in [1.807, 2.05) is 27.7 Å². The molecule has 5 heteroatoms. The van der Waals surface area contributed by atoms with Crippen molar-refractivity contribution >= 4 is 17.7 Å². The first-order valence-corrected chi connectivity index (χ1v) is 6.87. The van der Waals surface area contributed by atoms with E-state index in [0.29, 0.717) is 11.1 Å². The Bertz CT molecular complexity index is 434. The van der Waals surface area contributed by atoms with Crippen LogP contribution in [0.1, 0.15) is 54.8 Å². The lowest BCUT2D eigenvalue weighted by molar-refractivity contribution is -0.139. The van der Waals surface area contributed by atoms with Crippen LogP contribution in [0.2, 0.25) is 0 Å². The maximum Gasteiger partial charge on any atom is 0.337 e. The zero-order chi connectivity index (χ0) is 16.8. The SMILES string of the molecule is CC.CC.COC(=O)CC(=O)c1ccc(C(=O)OC)cc1. The summed E-state index contributed by atoms with van der Waals surface area (Å²) in [5.41, 5.74) is 0.699. The van der Waals surface area contributed by atoms with Crippen LogP contribution < -0.4 is 0 Å². The first-order chi connectivity index (χ1) is 10.1. The fourth-order valence-corrected chi connectivity index (χ4v) is 1.22. The van der Waals surface area contributed by atoms with Crippen LogP contribution in [-0.2, 0) is 14.3 Å². The van der Waals surface area contributed by atoms with Gasteiger partial charge in [-0.05, 0) is 12.1 Å². The number of ether oxygens (including phenoxy) is 2. The molecule has 0 saturated carbocycles. The van der Waals surface area contributed by atoms with Crippen LogP contribution in [0, 0.1) is 0 Å². The van der Waals surface area contributed by atoms with Gasteiger partial charge in [-0.2, -0.15) is 0 Å². The van der Waals surface area contributed by atoms with Gasteiger partial charge >= 0.3 is 11.9 Å². The highest BCUT2D eigenvalue weighted by atomic mass is 16.5. The Kier molecular flexibility index (Phi) is 12.9. The van der Waals surface area contributed by atoms with Gasteiger partial charge in [-0.25, -0.2) is 4.79 Å². The molecular weight excluding hydrogens is 272 g/mol.